The van der Waals surface area contributed by atoms with Gasteiger partial charge in [0.05, 0.1) is 12.7 Å². The van der Waals surface area contributed by atoms with Crippen molar-refractivity contribution in [2.24, 2.45) is 11.8 Å². The van der Waals surface area contributed by atoms with Crippen LogP contribution >= 0.6 is 0 Å². The van der Waals surface area contributed by atoms with Crippen molar-refractivity contribution in [2.75, 3.05) is 34.5 Å². The van der Waals surface area contributed by atoms with Gasteiger partial charge in [-0.25, -0.2) is 0 Å². The smallest absolute Gasteiger partial charge is 0.0716 e. The van der Waals surface area contributed by atoms with Gasteiger partial charge >= 0.3 is 0 Å². The number of benzene rings is 1. The monoisotopic (exact) mass is 550 g/mol. The van der Waals surface area contributed by atoms with Crippen LogP contribution in [0.15, 0.2) is 12.1 Å². The summed E-state index contributed by atoms with van der Waals surface area (Å²) in [6.07, 6.45) is 9.24. The van der Waals surface area contributed by atoms with Crippen molar-refractivity contribution in [1.29, 1.82) is 0 Å². The number of likely N-dealkylation sites (tertiary alicyclic amines) is 1. The van der Waals surface area contributed by atoms with E-state index in [0.717, 1.165) is 44.1 Å². The van der Waals surface area contributed by atoms with Gasteiger partial charge in [-0.05, 0) is 87.3 Å². The van der Waals surface area contributed by atoms with Gasteiger partial charge in [0, 0.05) is 46.6 Å². The first-order valence-electron chi connectivity index (χ1n) is 15.9. The summed E-state index contributed by atoms with van der Waals surface area (Å²) >= 11 is 0. The molecule has 4 nitrogen and oxygen atoms in total. The molecule has 0 aromatic heterocycles. The molecule has 1 aromatic carbocycles. The quantitative estimate of drug-likeness (QED) is 0.245. The predicted octanol–water partition coefficient (Wildman–Crippen LogP) is 9.21. The Morgan fingerprint density at radius 1 is 0.872 bits per heavy atom. The van der Waals surface area contributed by atoms with Crippen LogP contribution in [-0.2, 0) is 27.2 Å². The summed E-state index contributed by atoms with van der Waals surface area (Å²) in [5, 5.41) is 0. The molecule has 1 aliphatic heterocycles. The Labute approximate surface area is 244 Å². The van der Waals surface area contributed by atoms with E-state index < -0.39 is 0 Å². The van der Waals surface area contributed by atoms with E-state index in [9.17, 15) is 0 Å². The number of nitrogens with zero attached hydrogens (tertiary/aromatic N) is 1. The van der Waals surface area contributed by atoms with E-state index in [0.29, 0.717) is 18.1 Å². The zero-order valence-electron chi connectivity index (χ0n) is 28.4. The third-order valence-corrected chi connectivity index (χ3v) is 8.22. The van der Waals surface area contributed by atoms with Gasteiger partial charge < -0.3 is 14.2 Å². The Bertz CT molecular complexity index is 731. The fourth-order valence-electron chi connectivity index (χ4n) is 6.00. The lowest BCUT2D eigenvalue weighted by atomic mass is 9.89. The second kappa shape index (κ2) is 21.8. The zero-order valence-corrected chi connectivity index (χ0v) is 28.4. The van der Waals surface area contributed by atoms with E-state index in [1.165, 1.54) is 60.8 Å². The van der Waals surface area contributed by atoms with Crippen molar-refractivity contribution in [3.05, 3.63) is 34.4 Å². The molecular weight excluding hydrogens is 482 g/mol. The molecule has 0 aliphatic carbocycles. The maximum atomic E-state index is 5.42. The highest BCUT2D eigenvalue weighted by molar-refractivity contribution is 5.40. The molecule has 1 saturated heterocycles. The Balaban J connectivity index is 0.000000563. The van der Waals surface area contributed by atoms with Crippen LogP contribution in [0.25, 0.3) is 0 Å². The van der Waals surface area contributed by atoms with Gasteiger partial charge in [-0.2, -0.15) is 0 Å². The van der Waals surface area contributed by atoms with Crippen LogP contribution in [0, 0.1) is 18.8 Å². The Morgan fingerprint density at radius 3 is 1.95 bits per heavy atom. The van der Waals surface area contributed by atoms with E-state index in [4.69, 9.17) is 14.2 Å². The van der Waals surface area contributed by atoms with Crippen molar-refractivity contribution in [2.45, 2.75) is 145 Å². The number of aryl methyl sites for hydroxylation is 2. The number of hydrogen-bond acceptors (Lipinski definition) is 4. The summed E-state index contributed by atoms with van der Waals surface area (Å²) < 4.78 is 15.8. The van der Waals surface area contributed by atoms with Crippen LogP contribution < -0.4 is 0 Å². The number of piperidine rings is 1. The lowest BCUT2D eigenvalue weighted by Gasteiger charge is -2.41. The van der Waals surface area contributed by atoms with E-state index in [1.54, 1.807) is 14.2 Å². The van der Waals surface area contributed by atoms with Gasteiger partial charge in [-0.15, -0.1) is 0 Å². The van der Waals surface area contributed by atoms with Gasteiger partial charge in [0.1, 0.15) is 0 Å². The molecule has 1 heterocycles. The highest BCUT2D eigenvalue weighted by Gasteiger charge is 2.28. The Hall–Kier alpha value is -0.940. The van der Waals surface area contributed by atoms with E-state index in [2.05, 4.69) is 86.3 Å². The van der Waals surface area contributed by atoms with Crippen LogP contribution in [0.3, 0.4) is 0 Å². The summed E-state index contributed by atoms with van der Waals surface area (Å²) in [4.78, 5) is 2.58. The van der Waals surface area contributed by atoms with Crippen molar-refractivity contribution in [3.8, 4) is 0 Å². The van der Waals surface area contributed by atoms with E-state index in [-0.39, 0.29) is 0 Å². The molecule has 0 radical (unpaired) electrons. The fourth-order valence-corrected chi connectivity index (χ4v) is 6.00. The molecule has 4 heteroatoms. The molecule has 230 valence electrons. The molecule has 0 amide bonds. The first-order chi connectivity index (χ1) is 18.5. The number of methoxy groups -OCH3 is 3. The Morgan fingerprint density at radius 2 is 1.51 bits per heavy atom. The minimum atomic E-state index is 0.463. The van der Waals surface area contributed by atoms with Gasteiger partial charge in [-0.3, -0.25) is 4.90 Å². The standard InChI is InChI=1S/C14H22O.C11H23NO.C10H22O/c1-6-12-7-11(4)8-13(9-15-5)14(12)10(2)3;1-5-10-6-7-11(13-4)8-12(10)9(2)3;1-5-6-10(9(2)3)7-8-11-4/h7-8,10H,6,9H2,1-5H3;9-11H,5-8H2,1-4H3;9-10H,5-8H2,1-4H3/t;10-,11+;/m.0./s1. The minimum Gasteiger partial charge on any atom is -0.385 e. The summed E-state index contributed by atoms with van der Waals surface area (Å²) in [5.41, 5.74) is 5.63. The van der Waals surface area contributed by atoms with Crippen LogP contribution in [-0.4, -0.2) is 57.6 Å². The third-order valence-electron chi connectivity index (χ3n) is 8.22. The van der Waals surface area contributed by atoms with E-state index >= 15 is 0 Å². The lowest BCUT2D eigenvalue weighted by molar-refractivity contribution is -0.00908. The third kappa shape index (κ3) is 14.5. The Kier molecular flexibility index (Phi) is 21.2. The zero-order chi connectivity index (χ0) is 30.0. The molecule has 0 spiro atoms. The first-order valence-corrected chi connectivity index (χ1v) is 15.9. The fraction of sp³-hybridized carbons (Fsp3) is 0.829. The molecule has 1 fully saturated rings. The normalized spacial score (nSPS) is 18.6. The lowest BCUT2D eigenvalue weighted by Crippen LogP contribution is -2.49. The van der Waals surface area contributed by atoms with Gasteiger partial charge in [0.15, 0.2) is 0 Å². The summed E-state index contributed by atoms with van der Waals surface area (Å²) in [6.45, 7) is 25.3. The SMILES string of the molecule is CCCC(CCOC)C(C)C.CC[C@H]1CC[C@@H](OC)CN1C(C)C.CCc1cc(C)cc(COC)c1C(C)C. The maximum Gasteiger partial charge on any atom is 0.0716 e. The predicted molar refractivity (Wildman–Crippen MR) is 171 cm³/mol. The molecule has 3 atom stereocenters. The summed E-state index contributed by atoms with van der Waals surface area (Å²) in [6, 6.07) is 5.99. The average Bonchev–Trinajstić information content (AvgIpc) is 2.90. The van der Waals surface area contributed by atoms with Crippen LogP contribution in [0.1, 0.15) is 129 Å². The molecule has 2 rings (SSSR count). The highest BCUT2D eigenvalue weighted by atomic mass is 16.5. The van der Waals surface area contributed by atoms with Crippen LogP contribution in [0.2, 0.25) is 0 Å². The highest BCUT2D eigenvalue weighted by Crippen LogP contribution is 2.27. The number of rotatable bonds is 13. The molecular formula is C35H67NO3. The van der Waals surface area contributed by atoms with Crippen LogP contribution in [0.4, 0.5) is 0 Å². The average molecular weight is 550 g/mol. The molecule has 39 heavy (non-hydrogen) atoms. The topological polar surface area (TPSA) is 30.9 Å². The number of ether oxygens (including phenoxy) is 3. The van der Waals surface area contributed by atoms with Crippen molar-refractivity contribution in [1.82, 2.24) is 4.90 Å². The van der Waals surface area contributed by atoms with Gasteiger partial charge in [0.2, 0.25) is 0 Å². The molecule has 0 saturated carbocycles. The van der Waals surface area contributed by atoms with Crippen LogP contribution in [0.5, 0.6) is 0 Å². The molecule has 1 unspecified atom stereocenters. The van der Waals surface area contributed by atoms with Gasteiger partial charge in [0.25, 0.3) is 0 Å². The largest absolute Gasteiger partial charge is 0.385 e. The van der Waals surface area contributed by atoms with Crippen molar-refractivity contribution >= 4 is 0 Å². The number of hydrogen-bond donors (Lipinski definition) is 0. The second-order valence-electron chi connectivity index (χ2n) is 12.3. The summed E-state index contributed by atoms with van der Waals surface area (Å²) in [5.74, 6) is 2.25. The molecule has 1 aliphatic rings. The van der Waals surface area contributed by atoms with E-state index in [1.807, 2.05) is 7.11 Å². The summed E-state index contributed by atoms with van der Waals surface area (Å²) in [7, 11) is 5.37. The second-order valence-corrected chi connectivity index (χ2v) is 12.3. The molecule has 0 bridgehead atoms. The molecule has 0 N–H and O–H groups in total. The maximum absolute atomic E-state index is 5.42. The van der Waals surface area contributed by atoms with Gasteiger partial charge in [-0.1, -0.05) is 79.0 Å². The van der Waals surface area contributed by atoms with Crippen molar-refractivity contribution < 1.29 is 14.2 Å². The first kappa shape index (κ1) is 38.1. The van der Waals surface area contributed by atoms with Crippen molar-refractivity contribution in [3.63, 3.8) is 0 Å². The molecule has 1 aromatic rings. The minimum absolute atomic E-state index is 0.463.